The Morgan fingerprint density at radius 2 is 1.12 bits per heavy atom. The summed E-state index contributed by atoms with van der Waals surface area (Å²) in [6.45, 7) is 0. The maximum Gasteiger partial charge on any atom is 0.150 e. The minimum atomic E-state index is 0.589. The first-order valence-corrected chi connectivity index (χ1v) is 5.45. The largest absolute Gasteiger partial charge is 0.298 e. The highest BCUT2D eigenvalue weighted by Crippen LogP contribution is 2.01. The maximum atomic E-state index is 10.1. The van der Waals surface area contributed by atoms with Gasteiger partial charge in [0, 0.05) is 16.0 Å². The van der Waals surface area contributed by atoms with Gasteiger partial charge in [0.1, 0.15) is 12.6 Å². The molecule has 0 amide bonds. The molecule has 0 aliphatic heterocycles. The van der Waals surface area contributed by atoms with E-state index in [-0.39, 0.29) is 0 Å². The molecule has 0 fully saturated rings. The molecule has 2 rings (SSSR count). The van der Waals surface area contributed by atoms with Crippen LogP contribution in [-0.2, 0) is 0 Å². The van der Waals surface area contributed by atoms with Crippen LogP contribution >= 0.6 is 12.6 Å². The molecule has 86 valence electrons. The van der Waals surface area contributed by atoms with Gasteiger partial charge in [0.25, 0.3) is 0 Å². The zero-order chi connectivity index (χ0) is 12.5. The van der Waals surface area contributed by atoms with Gasteiger partial charge in [-0.15, -0.1) is 12.6 Å². The van der Waals surface area contributed by atoms with Crippen molar-refractivity contribution in [3.8, 4) is 0 Å². The lowest BCUT2D eigenvalue weighted by Crippen LogP contribution is -1.81. The van der Waals surface area contributed by atoms with E-state index in [0.29, 0.717) is 11.1 Å². The first kappa shape index (κ1) is 13.2. The lowest BCUT2D eigenvalue weighted by atomic mass is 10.2. The third-order valence-corrected chi connectivity index (χ3v) is 2.26. The van der Waals surface area contributed by atoms with Crippen molar-refractivity contribution in [1.82, 2.24) is 0 Å². The van der Waals surface area contributed by atoms with Crippen LogP contribution in [0.5, 0.6) is 0 Å². The Morgan fingerprint density at radius 3 is 1.35 bits per heavy atom. The van der Waals surface area contributed by atoms with Gasteiger partial charge >= 0.3 is 0 Å². The van der Waals surface area contributed by atoms with Crippen molar-refractivity contribution >= 4 is 25.2 Å². The summed E-state index contributed by atoms with van der Waals surface area (Å²) in [6.07, 6.45) is 1.49. The molecule has 0 unspecified atom stereocenters. The Bertz CT molecular complexity index is 436. The van der Waals surface area contributed by atoms with Crippen molar-refractivity contribution in [3.63, 3.8) is 0 Å². The quantitative estimate of drug-likeness (QED) is 0.649. The second-order valence-corrected chi connectivity index (χ2v) is 3.75. The summed E-state index contributed by atoms with van der Waals surface area (Å²) in [6, 6.07) is 16.2. The number of thiol groups is 1. The van der Waals surface area contributed by atoms with Crippen LogP contribution in [0, 0.1) is 0 Å². The van der Waals surface area contributed by atoms with Crippen molar-refractivity contribution < 1.29 is 9.59 Å². The van der Waals surface area contributed by atoms with E-state index in [9.17, 15) is 9.59 Å². The molecule has 0 heterocycles. The number of rotatable bonds is 2. The van der Waals surface area contributed by atoms with E-state index < -0.39 is 0 Å². The summed E-state index contributed by atoms with van der Waals surface area (Å²) in [5, 5.41) is 0. The molecule has 0 aromatic heterocycles. The Kier molecular flexibility index (Phi) is 5.75. The predicted octanol–water partition coefficient (Wildman–Crippen LogP) is 3.29. The van der Waals surface area contributed by atoms with Gasteiger partial charge in [0.2, 0.25) is 0 Å². The molecule has 0 N–H and O–H groups in total. The molecule has 0 bridgehead atoms. The van der Waals surface area contributed by atoms with Crippen LogP contribution < -0.4 is 0 Å². The van der Waals surface area contributed by atoms with E-state index in [1.807, 2.05) is 30.3 Å². The first-order valence-electron chi connectivity index (χ1n) is 5.00. The summed E-state index contributed by atoms with van der Waals surface area (Å²) in [7, 11) is 0. The van der Waals surface area contributed by atoms with Gasteiger partial charge in [-0.3, -0.25) is 9.59 Å². The van der Waals surface area contributed by atoms with E-state index in [1.54, 1.807) is 24.3 Å². The summed E-state index contributed by atoms with van der Waals surface area (Å²) < 4.78 is 0. The van der Waals surface area contributed by atoms with Crippen molar-refractivity contribution in [1.29, 1.82) is 0 Å². The van der Waals surface area contributed by atoms with Crippen molar-refractivity contribution in [3.05, 3.63) is 65.7 Å². The highest BCUT2D eigenvalue weighted by atomic mass is 32.1. The summed E-state index contributed by atoms with van der Waals surface area (Å²) in [4.78, 5) is 21.3. The molecule has 0 aliphatic rings. The number of hydrogen-bond acceptors (Lipinski definition) is 3. The van der Waals surface area contributed by atoms with Crippen molar-refractivity contribution in [2.24, 2.45) is 0 Å². The first-order chi connectivity index (χ1) is 8.26. The van der Waals surface area contributed by atoms with Crippen LogP contribution in [0.2, 0.25) is 0 Å². The molecule has 0 saturated heterocycles. The predicted molar refractivity (Wildman–Crippen MR) is 70.9 cm³/mol. The standard InChI is InChI=1S/C8H6O2.C6H6S/c9-5-7-1-2-8(6-10)4-3-7;7-6-4-2-1-3-5-6/h1-6H;1-5,7H. The normalized spacial score (nSPS) is 8.76. The molecular weight excluding hydrogens is 232 g/mol. The van der Waals surface area contributed by atoms with Crippen molar-refractivity contribution in [2.75, 3.05) is 0 Å². The number of carbonyl (C=O) groups excluding carboxylic acids is 2. The second kappa shape index (κ2) is 7.41. The second-order valence-electron chi connectivity index (χ2n) is 3.24. The van der Waals surface area contributed by atoms with Gasteiger partial charge in [-0.25, -0.2) is 0 Å². The number of carbonyl (C=O) groups is 2. The molecule has 2 nitrogen and oxygen atoms in total. The highest BCUT2D eigenvalue weighted by molar-refractivity contribution is 7.80. The Hall–Kier alpha value is -1.87. The fourth-order valence-electron chi connectivity index (χ4n) is 1.08. The smallest absolute Gasteiger partial charge is 0.150 e. The van der Waals surface area contributed by atoms with E-state index in [1.165, 1.54) is 0 Å². The molecule has 2 aromatic rings. The van der Waals surface area contributed by atoms with Crippen molar-refractivity contribution in [2.45, 2.75) is 4.90 Å². The Morgan fingerprint density at radius 1 is 0.706 bits per heavy atom. The van der Waals surface area contributed by atoms with Crippen LogP contribution in [0.4, 0.5) is 0 Å². The zero-order valence-corrected chi connectivity index (χ0v) is 10.0. The van der Waals surface area contributed by atoms with E-state index in [0.717, 1.165) is 17.5 Å². The van der Waals surface area contributed by atoms with Crippen LogP contribution in [0.15, 0.2) is 59.5 Å². The number of benzene rings is 2. The maximum absolute atomic E-state index is 10.1. The zero-order valence-electron chi connectivity index (χ0n) is 9.11. The number of hydrogen-bond donors (Lipinski definition) is 1. The molecular formula is C14H12O2S. The van der Waals surface area contributed by atoms with E-state index >= 15 is 0 Å². The van der Waals surface area contributed by atoms with Crippen LogP contribution in [0.1, 0.15) is 20.7 Å². The Balaban J connectivity index is 0.000000181. The third-order valence-electron chi connectivity index (χ3n) is 1.96. The fourth-order valence-corrected chi connectivity index (χ4v) is 1.25. The summed E-state index contributed by atoms with van der Waals surface area (Å²) >= 11 is 4.08. The van der Waals surface area contributed by atoms with Crippen LogP contribution in [0.3, 0.4) is 0 Å². The van der Waals surface area contributed by atoms with Gasteiger partial charge in [0.15, 0.2) is 0 Å². The lowest BCUT2D eigenvalue weighted by Gasteiger charge is -1.88. The third kappa shape index (κ3) is 5.13. The topological polar surface area (TPSA) is 34.1 Å². The van der Waals surface area contributed by atoms with E-state index in [4.69, 9.17) is 0 Å². The molecule has 0 spiro atoms. The molecule has 0 saturated carbocycles. The van der Waals surface area contributed by atoms with Crippen LogP contribution in [-0.4, -0.2) is 12.6 Å². The lowest BCUT2D eigenvalue weighted by molar-refractivity contribution is 0.111. The SMILES string of the molecule is O=Cc1ccc(C=O)cc1.Sc1ccccc1. The minimum Gasteiger partial charge on any atom is -0.298 e. The molecule has 0 radical (unpaired) electrons. The average molecular weight is 244 g/mol. The highest BCUT2D eigenvalue weighted by Gasteiger charge is 1.88. The van der Waals surface area contributed by atoms with Gasteiger partial charge < -0.3 is 0 Å². The Labute approximate surface area is 106 Å². The molecule has 2 aromatic carbocycles. The monoisotopic (exact) mass is 244 g/mol. The van der Waals surface area contributed by atoms with Gasteiger partial charge in [0.05, 0.1) is 0 Å². The minimum absolute atomic E-state index is 0.589. The van der Waals surface area contributed by atoms with Gasteiger partial charge in [-0.2, -0.15) is 0 Å². The van der Waals surface area contributed by atoms with E-state index in [2.05, 4.69) is 12.6 Å². The number of aldehydes is 2. The molecule has 17 heavy (non-hydrogen) atoms. The molecule has 3 heteroatoms. The molecule has 0 aliphatic carbocycles. The summed E-state index contributed by atoms with van der Waals surface area (Å²) in [5.74, 6) is 0. The average Bonchev–Trinajstić information content (AvgIpc) is 2.40. The van der Waals surface area contributed by atoms with Gasteiger partial charge in [-0.05, 0) is 12.1 Å². The fraction of sp³-hybridized carbons (Fsp3) is 0. The van der Waals surface area contributed by atoms with Gasteiger partial charge in [-0.1, -0.05) is 42.5 Å². The molecule has 0 atom stereocenters. The van der Waals surface area contributed by atoms with Crippen LogP contribution in [0.25, 0.3) is 0 Å². The summed E-state index contributed by atoms with van der Waals surface area (Å²) in [5.41, 5.74) is 1.18.